The molecule has 206 valence electrons. The first kappa shape index (κ1) is 26.4. The predicted molar refractivity (Wildman–Crippen MR) is 166 cm³/mol. The Labute approximate surface area is 238 Å². The zero-order valence-corrected chi connectivity index (χ0v) is 24.7. The zero-order chi connectivity index (χ0) is 28.6. The van der Waals surface area contributed by atoms with Crippen LogP contribution < -0.4 is 26.4 Å². The maximum atomic E-state index is 6.74. The topological polar surface area (TPSA) is 67.8 Å². The van der Waals surface area contributed by atoms with Gasteiger partial charge in [0.25, 0.3) is 0 Å². The highest BCUT2D eigenvalue weighted by molar-refractivity contribution is 5.78. The van der Waals surface area contributed by atoms with Crippen LogP contribution in [0.1, 0.15) is 76.3 Å². The van der Waals surface area contributed by atoms with Gasteiger partial charge in [-0.2, -0.15) is 0 Å². The predicted octanol–water partition coefficient (Wildman–Crippen LogP) is 8.27. The van der Waals surface area contributed by atoms with Crippen LogP contribution in [0.3, 0.4) is 0 Å². The van der Waals surface area contributed by atoms with Gasteiger partial charge in [-0.25, -0.2) is 11.7 Å². The summed E-state index contributed by atoms with van der Waals surface area (Å²) >= 11 is 0. The van der Waals surface area contributed by atoms with Gasteiger partial charge in [0.15, 0.2) is 11.5 Å². The minimum atomic E-state index is -0.190. The summed E-state index contributed by atoms with van der Waals surface area (Å²) in [6.07, 6.45) is 0.853. The van der Waals surface area contributed by atoms with Crippen LogP contribution in [-0.2, 0) is 22.7 Å². The molecule has 0 unspecified atom stereocenters. The van der Waals surface area contributed by atoms with E-state index in [1.165, 1.54) is 27.8 Å². The molecule has 0 spiro atoms. The van der Waals surface area contributed by atoms with E-state index in [9.17, 15) is 0 Å². The number of ether oxygens (including phenoxy) is 1. The maximum absolute atomic E-state index is 6.74. The highest BCUT2D eigenvalue weighted by atomic mass is 16.5. The van der Waals surface area contributed by atoms with E-state index in [2.05, 4.69) is 97.0 Å². The molecule has 2 aliphatic rings. The van der Waals surface area contributed by atoms with Crippen molar-refractivity contribution in [2.45, 2.75) is 71.1 Å². The molecular weight excluding hydrogens is 492 g/mol. The van der Waals surface area contributed by atoms with Crippen molar-refractivity contribution in [1.82, 2.24) is 0 Å². The number of anilines is 4. The van der Waals surface area contributed by atoms with Crippen molar-refractivity contribution in [3.63, 3.8) is 0 Å². The number of benzene rings is 4. The molecule has 0 bridgehead atoms. The highest BCUT2D eigenvalue weighted by Crippen LogP contribution is 2.50. The Balaban J connectivity index is 1.34. The minimum Gasteiger partial charge on any atom is -0.453 e. The molecule has 0 atom stereocenters. The quantitative estimate of drug-likeness (QED) is 0.260. The van der Waals surface area contributed by atoms with Crippen molar-refractivity contribution in [2.75, 3.05) is 10.0 Å². The Kier molecular flexibility index (Phi) is 5.85. The van der Waals surface area contributed by atoms with Crippen LogP contribution in [0.4, 0.5) is 22.7 Å². The summed E-state index contributed by atoms with van der Waals surface area (Å²) in [5.74, 6) is 14.8. The molecule has 0 saturated carbocycles. The van der Waals surface area contributed by atoms with Crippen LogP contribution in [0.15, 0.2) is 78.9 Å². The van der Waals surface area contributed by atoms with Gasteiger partial charge < -0.3 is 4.74 Å². The number of hydrazine groups is 2. The van der Waals surface area contributed by atoms with Gasteiger partial charge in [-0.3, -0.25) is 10.0 Å². The highest BCUT2D eigenvalue weighted by Gasteiger charge is 2.37. The molecule has 0 saturated heterocycles. The fourth-order valence-corrected chi connectivity index (χ4v) is 6.21. The molecule has 0 amide bonds. The first-order valence-corrected chi connectivity index (χ1v) is 14.1. The molecule has 4 N–H and O–H groups in total. The van der Waals surface area contributed by atoms with Crippen LogP contribution in [-0.4, -0.2) is 0 Å². The smallest absolute Gasteiger partial charge is 0.152 e. The Bertz CT molecular complexity index is 1630. The number of nitrogens with two attached hydrogens (primary N) is 2. The minimum absolute atomic E-state index is 0.0652. The van der Waals surface area contributed by atoms with Crippen molar-refractivity contribution >= 4 is 22.7 Å². The van der Waals surface area contributed by atoms with Gasteiger partial charge in [0.2, 0.25) is 0 Å². The fourth-order valence-electron chi connectivity index (χ4n) is 6.21. The largest absolute Gasteiger partial charge is 0.453 e. The lowest BCUT2D eigenvalue weighted by atomic mass is 9.70. The summed E-state index contributed by atoms with van der Waals surface area (Å²) in [5.41, 5.74) is 9.95. The van der Waals surface area contributed by atoms with Crippen LogP contribution in [0, 0.1) is 0 Å². The second-order valence-corrected chi connectivity index (χ2v) is 13.5. The van der Waals surface area contributed by atoms with Crippen molar-refractivity contribution in [3.8, 4) is 11.5 Å². The number of fused-ring (bicyclic) bond motifs is 4. The molecule has 4 aromatic carbocycles. The van der Waals surface area contributed by atoms with Crippen molar-refractivity contribution in [3.05, 3.63) is 107 Å². The first-order valence-electron chi connectivity index (χ1n) is 14.1. The third kappa shape index (κ3) is 4.16. The Morgan fingerprint density at radius 2 is 1.23 bits per heavy atom. The Hall–Kier alpha value is -3.80. The summed E-state index contributed by atoms with van der Waals surface area (Å²) in [7, 11) is 0. The van der Waals surface area contributed by atoms with E-state index in [1.807, 2.05) is 35.3 Å². The molecule has 5 nitrogen and oxygen atoms in total. The lowest BCUT2D eigenvalue weighted by Gasteiger charge is -2.41. The number of rotatable bonds is 3. The van der Waals surface area contributed by atoms with Gasteiger partial charge in [-0.05, 0) is 81.5 Å². The van der Waals surface area contributed by atoms with Gasteiger partial charge in [0, 0.05) is 5.41 Å². The Morgan fingerprint density at radius 1 is 0.650 bits per heavy atom. The molecule has 2 aliphatic heterocycles. The maximum Gasteiger partial charge on any atom is 0.152 e. The first-order chi connectivity index (χ1) is 18.8. The lowest BCUT2D eigenvalue weighted by molar-refractivity contribution is 0.472. The van der Waals surface area contributed by atoms with Crippen LogP contribution in [0.2, 0.25) is 0 Å². The SMILES string of the molecule is CC(C)(C)c1ccc2c(c1)C(C)(C)c1cc(C(C)(C)Cc3ccc4c(c3)N(N)c3ccccc3O4)ccc1N2N. The van der Waals surface area contributed by atoms with Crippen molar-refractivity contribution < 1.29 is 4.74 Å². The van der Waals surface area contributed by atoms with Gasteiger partial charge in [-0.15, -0.1) is 0 Å². The average molecular weight is 533 g/mol. The molecule has 0 fully saturated rings. The molecule has 5 heteroatoms. The molecule has 0 aliphatic carbocycles. The third-order valence-corrected chi connectivity index (χ3v) is 8.78. The summed E-state index contributed by atoms with van der Waals surface area (Å²) < 4.78 is 6.13. The number of nitrogens with zero attached hydrogens (tertiary/aromatic N) is 2. The van der Waals surface area contributed by atoms with Gasteiger partial charge >= 0.3 is 0 Å². The molecule has 0 radical (unpaired) electrons. The average Bonchev–Trinajstić information content (AvgIpc) is 2.91. The van der Waals surface area contributed by atoms with E-state index < -0.39 is 0 Å². The normalized spacial score (nSPS) is 15.5. The number of hydrogen-bond donors (Lipinski definition) is 2. The van der Waals surface area contributed by atoms with E-state index in [0.29, 0.717) is 0 Å². The number of hydrogen-bond acceptors (Lipinski definition) is 5. The molecule has 40 heavy (non-hydrogen) atoms. The van der Waals surface area contributed by atoms with E-state index in [0.717, 1.165) is 40.7 Å². The monoisotopic (exact) mass is 532 g/mol. The molecule has 2 heterocycles. The van der Waals surface area contributed by atoms with Crippen molar-refractivity contribution in [2.24, 2.45) is 11.7 Å². The summed E-state index contributed by atoms with van der Waals surface area (Å²) in [4.78, 5) is 0. The standard InChI is InChI=1S/C35H40N4O/c1-33(2,3)23-13-15-27-25(19-23)35(6,7)26-20-24(14-16-28(26)38(27)36)34(4,5)21-22-12-17-32-30(18-22)39(37)29-10-8-9-11-31(29)40-32/h8-20H,21,36-37H2,1-7H3. The second kappa shape index (κ2) is 8.85. The van der Waals surface area contributed by atoms with Gasteiger partial charge in [0.05, 0.1) is 11.4 Å². The van der Waals surface area contributed by atoms with Gasteiger partial charge in [-0.1, -0.05) is 90.9 Å². The third-order valence-electron chi connectivity index (χ3n) is 8.78. The second-order valence-electron chi connectivity index (χ2n) is 13.5. The van der Waals surface area contributed by atoms with Crippen LogP contribution >= 0.6 is 0 Å². The van der Waals surface area contributed by atoms with E-state index in [1.54, 1.807) is 5.01 Å². The van der Waals surface area contributed by atoms with Crippen molar-refractivity contribution in [1.29, 1.82) is 0 Å². The Morgan fingerprint density at radius 3 is 1.90 bits per heavy atom. The lowest BCUT2D eigenvalue weighted by Crippen LogP contribution is -2.37. The molecule has 4 aromatic rings. The molecular formula is C35H40N4O. The van der Waals surface area contributed by atoms with E-state index in [4.69, 9.17) is 16.4 Å². The van der Waals surface area contributed by atoms with E-state index >= 15 is 0 Å². The van der Waals surface area contributed by atoms with Gasteiger partial charge in [0.1, 0.15) is 11.4 Å². The van der Waals surface area contributed by atoms with Crippen LogP contribution in [0.25, 0.3) is 0 Å². The van der Waals surface area contributed by atoms with E-state index in [-0.39, 0.29) is 16.2 Å². The summed E-state index contributed by atoms with van der Waals surface area (Å²) in [6, 6.07) is 27.7. The molecule has 6 rings (SSSR count). The summed E-state index contributed by atoms with van der Waals surface area (Å²) in [6.45, 7) is 16.0. The summed E-state index contributed by atoms with van der Waals surface area (Å²) in [5, 5.41) is 3.58. The fraction of sp³-hybridized carbons (Fsp3) is 0.314. The molecule has 0 aromatic heterocycles. The number of para-hydroxylation sites is 2. The van der Waals surface area contributed by atoms with Crippen LogP contribution in [0.5, 0.6) is 11.5 Å². The zero-order valence-electron chi connectivity index (χ0n) is 24.7.